The molecule has 0 saturated carbocycles. The third-order valence-electron chi connectivity index (χ3n) is 5.93. The fraction of sp³-hybridized carbons (Fsp3) is 0.375. The van der Waals surface area contributed by atoms with Gasteiger partial charge in [-0.05, 0) is 37.5 Å². The number of nitrogens with zero attached hydrogens (tertiary/aromatic N) is 3. The Hall–Kier alpha value is -2.48. The van der Waals surface area contributed by atoms with Gasteiger partial charge in [-0.15, -0.1) is 0 Å². The third-order valence-corrected chi connectivity index (χ3v) is 7.68. The lowest BCUT2D eigenvalue weighted by Gasteiger charge is -2.27. The molecule has 1 N–H and O–H groups in total. The van der Waals surface area contributed by atoms with Gasteiger partial charge in [0.1, 0.15) is 0 Å². The van der Waals surface area contributed by atoms with Crippen LogP contribution in [0.4, 0.5) is 0 Å². The van der Waals surface area contributed by atoms with Crippen molar-refractivity contribution in [1.29, 1.82) is 0 Å². The highest BCUT2D eigenvalue weighted by atomic mass is 32.2. The van der Waals surface area contributed by atoms with Crippen LogP contribution in [0.5, 0.6) is 0 Å². The largest absolute Gasteiger partial charge is 0.395 e. The second kappa shape index (κ2) is 8.94. The third kappa shape index (κ3) is 4.89. The summed E-state index contributed by atoms with van der Waals surface area (Å²) in [6.45, 7) is 5.09. The number of aliphatic hydroxyl groups excluding tert-OH is 1. The van der Waals surface area contributed by atoms with Crippen LogP contribution in [0.1, 0.15) is 23.1 Å². The van der Waals surface area contributed by atoms with Crippen molar-refractivity contribution in [3.05, 3.63) is 71.4 Å². The van der Waals surface area contributed by atoms with Crippen LogP contribution in [0.3, 0.4) is 0 Å². The van der Waals surface area contributed by atoms with E-state index in [1.165, 1.54) is 0 Å². The minimum absolute atomic E-state index is 0.0116. The van der Waals surface area contributed by atoms with Crippen molar-refractivity contribution in [3.63, 3.8) is 0 Å². The van der Waals surface area contributed by atoms with E-state index in [0.717, 1.165) is 33.6 Å². The zero-order chi connectivity index (χ0) is 22.0. The Morgan fingerprint density at radius 2 is 1.94 bits per heavy atom. The smallest absolute Gasteiger partial charge is 0.151 e. The monoisotopic (exact) mass is 439 g/mol. The van der Waals surface area contributed by atoms with Crippen LogP contribution in [0, 0.1) is 13.8 Å². The summed E-state index contributed by atoms with van der Waals surface area (Å²) in [6.07, 6.45) is 2.64. The van der Waals surface area contributed by atoms with Gasteiger partial charge in [0.25, 0.3) is 0 Å². The summed E-state index contributed by atoms with van der Waals surface area (Å²) in [7, 11) is -3.01. The van der Waals surface area contributed by atoms with E-state index in [-0.39, 0.29) is 24.2 Å². The number of sulfone groups is 1. The van der Waals surface area contributed by atoms with Gasteiger partial charge in [0.2, 0.25) is 0 Å². The van der Waals surface area contributed by atoms with Gasteiger partial charge in [0.05, 0.1) is 29.5 Å². The highest BCUT2D eigenvalue weighted by molar-refractivity contribution is 7.91. The molecule has 1 fully saturated rings. The van der Waals surface area contributed by atoms with E-state index in [4.69, 9.17) is 5.10 Å². The molecule has 1 saturated heterocycles. The topological polar surface area (TPSA) is 75.4 Å². The molecule has 0 bridgehead atoms. The molecule has 1 aliphatic rings. The number of hydrogen-bond acceptors (Lipinski definition) is 5. The molecule has 0 spiro atoms. The van der Waals surface area contributed by atoms with Gasteiger partial charge in [-0.25, -0.2) is 13.1 Å². The van der Waals surface area contributed by atoms with E-state index in [1.807, 2.05) is 41.2 Å². The first-order valence-electron chi connectivity index (χ1n) is 10.6. The molecule has 7 heteroatoms. The summed E-state index contributed by atoms with van der Waals surface area (Å²) in [6, 6.07) is 16.3. The standard InChI is InChI=1S/C24H29N3O3S/c1-18-8-9-19(2)23(14-18)27-16-21(24(25-27)20-6-4-3-5-7-20)15-26(11-12-28)22-10-13-31(29,30)17-22/h3-9,14,16,22,28H,10-13,15,17H2,1-2H3/t22-/m0/s1. The lowest BCUT2D eigenvalue weighted by Crippen LogP contribution is -2.37. The molecule has 6 nitrogen and oxygen atoms in total. The summed E-state index contributed by atoms with van der Waals surface area (Å²) < 4.78 is 26.0. The lowest BCUT2D eigenvalue weighted by atomic mass is 10.1. The first-order valence-corrected chi connectivity index (χ1v) is 12.5. The van der Waals surface area contributed by atoms with Crippen molar-refractivity contribution in [2.24, 2.45) is 0 Å². The van der Waals surface area contributed by atoms with E-state index < -0.39 is 9.84 Å². The number of hydrogen-bond donors (Lipinski definition) is 1. The summed E-state index contributed by atoms with van der Waals surface area (Å²) in [5.41, 5.74) is 6.24. The molecule has 164 valence electrons. The maximum Gasteiger partial charge on any atom is 0.151 e. The van der Waals surface area contributed by atoms with Gasteiger partial charge in [-0.3, -0.25) is 4.90 Å². The maximum atomic E-state index is 12.0. The minimum Gasteiger partial charge on any atom is -0.395 e. The highest BCUT2D eigenvalue weighted by Gasteiger charge is 2.32. The number of aliphatic hydroxyl groups is 1. The Kier molecular flexibility index (Phi) is 6.27. The van der Waals surface area contributed by atoms with E-state index in [0.29, 0.717) is 19.5 Å². The molecule has 1 aromatic heterocycles. The maximum absolute atomic E-state index is 12.0. The van der Waals surface area contributed by atoms with Crippen LogP contribution in [-0.2, 0) is 16.4 Å². The highest BCUT2D eigenvalue weighted by Crippen LogP contribution is 2.28. The number of rotatable bonds is 7. The summed E-state index contributed by atoms with van der Waals surface area (Å²) in [5.74, 6) is 0.367. The molecule has 1 aliphatic heterocycles. The normalized spacial score (nSPS) is 18.0. The van der Waals surface area contributed by atoms with Crippen molar-refractivity contribution in [2.75, 3.05) is 24.7 Å². The predicted molar refractivity (Wildman–Crippen MR) is 123 cm³/mol. The van der Waals surface area contributed by atoms with Gasteiger partial charge in [0.15, 0.2) is 9.84 Å². The summed E-state index contributed by atoms with van der Waals surface area (Å²) in [4.78, 5) is 2.08. The molecule has 0 amide bonds. The van der Waals surface area contributed by atoms with Gasteiger partial charge in [-0.2, -0.15) is 5.10 Å². The SMILES string of the molecule is Cc1ccc(C)c(-n2cc(CN(CCO)[C@H]3CCS(=O)(=O)C3)c(-c3ccccc3)n2)c1. The van der Waals surface area contributed by atoms with Crippen molar-refractivity contribution >= 4 is 9.84 Å². The number of aryl methyl sites for hydroxylation is 2. The van der Waals surface area contributed by atoms with Gasteiger partial charge >= 0.3 is 0 Å². The number of aromatic nitrogens is 2. The van der Waals surface area contributed by atoms with Gasteiger partial charge < -0.3 is 5.11 Å². The van der Waals surface area contributed by atoms with Crippen molar-refractivity contribution in [1.82, 2.24) is 14.7 Å². The average Bonchev–Trinajstić information content (AvgIpc) is 3.33. The molecular weight excluding hydrogens is 410 g/mol. The Morgan fingerprint density at radius 3 is 2.61 bits per heavy atom. The van der Waals surface area contributed by atoms with Crippen LogP contribution in [-0.4, -0.2) is 58.9 Å². The van der Waals surface area contributed by atoms with Crippen LogP contribution in [0.2, 0.25) is 0 Å². The van der Waals surface area contributed by atoms with Crippen LogP contribution in [0.15, 0.2) is 54.7 Å². The van der Waals surface area contributed by atoms with Crippen LogP contribution >= 0.6 is 0 Å². The van der Waals surface area contributed by atoms with Crippen molar-refractivity contribution in [2.45, 2.75) is 32.9 Å². The van der Waals surface area contributed by atoms with Crippen molar-refractivity contribution < 1.29 is 13.5 Å². The average molecular weight is 440 g/mol. The quantitative estimate of drug-likeness (QED) is 0.612. The van der Waals surface area contributed by atoms with Crippen LogP contribution < -0.4 is 0 Å². The molecule has 0 unspecified atom stereocenters. The van der Waals surface area contributed by atoms with Crippen molar-refractivity contribution in [3.8, 4) is 16.9 Å². The lowest BCUT2D eigenvalue weighted by molar-refractivity contribution is 0.154. The number of benzene rings is 2. The fourth-order valence-corrected chi connectivity index (χ4v) is 6.02. The molecule has 4 rings (SSSR count). The first-order chi connectivity index (χ1) is 14.9. The fourth-order valence-electron chi connectivity index (χ4n) is 4.26. The Balaban J connectivity index is 1.74. The second-order valence-corrected chi connectivity index (χ2v) is 10.6. The zero-order valence-electron chi connectivity index (χ0n) is 18.0. The Morgan fingerprint density at radius 1 is 1.16 bits per heavy atom. The predicted octanol–water partition coefficient (Wildman–Crippen LogP) is 3.14. The Bertz CT molecular complexity index is 1160. The molecule has 2 aromatic carbocycles. The second-order valence-electron chi connectivity index (χ2n) is 8.35. The van der Waals surface area contributed by atoms with E-state index in [1.54, 1.807) is 0 Å². The van der Waals surface area contributed by atoms with E-state index >= 15 is 0 Å². The zero-order valence-corrected chi connectivity index (χ0v) is 18.8. The van der Waals surface area contributed by atoms with Gasteiger partial charge in [-0.1, -0.05) is 42.5 Å². The summed E-state index contributed by atoms with van der Waals surface area (Å²) >= 11 is 0. The first kappa shape index (κ1) is 21.7. The molecule has 1 atom stereocenters. The van der Waals surface area contributed by atoms with Crippen LogP contribution in [0.25, 0.3) is 16.9 Å². The minimum atomic E-state index is -3.01. The summed E-state index contributed by atoms with van der Waals surface area (Å²) in [5, 5.41) is 14.6. The van der Waals surface area contributed by atoms with Gasteiger partial charge in [0, 0.05) is 36.5 Å². The molecule has 31 heavy (non-hydrogen) atoms. The Labute approximate surface area is 184 Å². The molecule has 2 heterocycles. The van der Waals surface area contributed by atoms with E-state index in [9.17, 15) is 13.5 Å². The molecular formula is C24H29N3O3S. The van der Waals surface area contributed by atoms with E-state index in [2.05, 4.69) is 36.9 Å². The molecule has 0 aliphatic carbocycles. The molecule has 3 aromatic rings. The molecule has 0 radical (unpaired) electrons.